The Labute approximate surface area is 109 Å². The van der Waals surface area contributed by atoms with E-state index in [9.17, 15) is 0 Å². The summed E-state index contributed by atoms with van der Waals surface area (Å²) in [5, 5.41) is 3.69. The summed E-state index contributed by atoms with van der Waals surface area (Å²) in [6.07, 6.45) is 5.25. The minimum Gasteiger partial charge on any atom is -0.444 e. The van der Waals surface area contributed by atoms with Gasteiger partial charge in [0.05, 0.1) is 12.2 Å². The highest BCUT2D eigenvalue weighted by molar-refractivity contribution is 5.05. The van der Waals surface area contributed by atoms with E-state index in [1.54, 1.807) is 0 Å². The number of oxazole rings is 1. The van der Waals surface area contributed by atoms with E-state index in [1.165, 1.54) is 25.7 Å². The molecule has 100 valence electrons. The fourth-order valence-electron chi connectivity index (χ4n) is 3.34. The maximum absolute atomic E-state index is 5.68. The molecule has 4 heteroatoms. The third kappa shape index (κ3) is 2.31. The van der Waals surface area contributed by atoms with Gasteiger partial charge in [-0.15, -0.1) is 0 Å². The number of aromatic nitrogens is 1. The average molecular weight is 249 g/mol. The third-order valence-electron chi connectivity index (χ3n) is 4.53. The van der Waals surface area contributed by atoms with Crippen molar-refractivity contribution in [3.63, 3.8) is 0 Å². The molecule has 2 fully saturated rings. The maximum atomic E-state index is 5.68. The molecule has 1 N–H and O–H groups in total. The molecule has 2 saturated heterocycles. The molecule has 0 saturated carbocycles. The molecule has 2 atom stereocenters. The van der Waals surface area contributed by atoms with Crippen LogP contribution in [0.4, 0.5) is 0 Å². The topological polar surface area (TPSA) is 41.3 Å². The first-order valence-corrected chi connectivity index (χ1v) is 7.01. The van der Waals surface area contributed by atoms with Crippen LogP contribution in [-0.2, 0) is 6.54 Å². The molecule has 0 spiro atoms. The van der Waals surface area contributed by atoms with Crippen LogP contribution >= 0.6 is 0 Å². The van der Waals surface area contributed by atoms with E-state index in [0.717, 1.165) is 36.0 Å². The Morgan fingerprint density at radius 2 is 1.94 bits per heavy atom. The van der Waals surface area contributed by atoms with Gasteiger partial charge in [-0.25, -0.2) is 4.98 Å². The summed E-state index contributed by atoms with van der Waals surface area (Å²) >= 11 is 0. The summed E-state index contributed by atoms with van der Waals surface area (Å²) in [6, 6.07) is 2.16. The van der Waals surface area contributed by atoms with Crippen molar-refractivity contribution < 1.29 is 4.42 Å². The largest absolute Gasteiger partial charge is 0.444 e. The van der Waals surface area contributed by atoms with Gasteiger partial charge in [0, 0.05) is 18.1 Å². The van der Waals surface area contributed by atoms with Gasteiger partial charge in [0.25, 0.3) is 0 Å². The lowest BCUT2D eigenvalue weighted by molar-refractivity contribution is 0.153. The molecule has 4 nitrogen and oxygen atoms in total. The molecular weight excluding hydrogens is 226 g/mol. The van der Waals surface area contributed by atoms with Crippen LogP contribution in [0.2, 0.25) is 0 Å². The Hall–Kier alpha value is -0.870. The number of piperidine rings is 1. The van der Waals surface area contributed by atoms with Gasteiger partial charge in [0.2, 0.25) is 5.89 Å². The van der Waals surface area contributed by atoms with Crippen LogP contribution < -0.4 is 5.32 Å². The van der Waals surface area contributed by atoms with Crippen molar-refractivity contribution in [3.05, 3.63) is 17.3 Å². The summed E-state index contributed by atoms with van der Waals surface area (Å²) in [6.45, 7) is 4.82. The molecule has 3 rings (SSSR count). The Morgan fingerprint density at radius 3 is 2.50 bits per heavy atom. The van der Waals surface area contributed by atoms with Crippen molar-refractivity contribution in [2.45, 2.75) is 64.2 Å². The lowest BCUT2D eigenvalue weighted by Gasteiger charge is -2.34. The fraction of sp³-hybridized carbons (Fsp3) is 0.786. The number of hydrogen-bond donors (Lipinski definition) is 1. The van der Waals surface area contributed by atoms with Gasteiger partial charge in [-0.05, 0) is 46.6 Å². The molecule has 0 radical (unpaired) electrons. The van der Waals surface area contributed by atoms with Crippen molar-refractivity contribution in [1.82, 2.24) is 15.2 Å². The van der Waals surface area contributed by atoms with Crippen molar-refractivity contribution in [2.75, 3.05) is 7.05 Å². The normalized spacial score (nSPS) is 31.2. The van der Waals surface area contributed by atoms with Crippen molar-refractivity contribution >= 4 is 0 Å². The lowest BCUT2D eigenvalue weighted by Crippen LogP contribution is -2.46. The number of nitrogens with zero attached hydrogens (tertiary/aromatic N) is 2. The molecule has 1 aromatic rings. The summed E-state index contributed by atoms with van der Waals surface area (Å²) in [5.41, 5.74) is 1.02. The SMILES string of the molecule is Cc1nc(CN(C)C2CC3CCC(C2)N3)oc1C. The minimum absolute atomic E-state index is 0.677. The van der Waals surface area contributed by atoms with E-state index in [0.29, 0.717) is 6.04 Å². The van der Waals surface area contributed by atoms with E-state index in [4.69, 9.17) is 4.42 Å². The van der Waals surface area contributed by atoms with E-state index in [1.807, 2.05) is 13.8 Å². The van der Waals surface area contributed by atoms with E-state index >= 15 is 0 Å². The number of rotatable bonds is 3. The molecule has 0 amide bonds. The number of hydrogen-bond acceptors (Lipinski definition) is 4. The van der Waals surface area contributed by atoms with Crippen LogP contribution in [0.25, 0.3) is 0 Å². The zero-order chi connectivity index (χ0) is 12.7. The van der Waals surface area contributed by atoms with Crippen LogP contribution in [0.15, 0.2) is 4.42 Å². The zero-order valence-electron chi connectivity index (χ0n) is 11.6. The molecular formula is C14H23N3O. The Balaban J connectivity index is 1.62. The Bertz CT molecular complexity index is 397. The van der Waals surface area contributed by atoms with Gasteiger partial charge in [-0.1, -0.05) is 0 Å². The highest BCUT2D eigenvalue weighted by Crippen LogP contribution is 2.29. The average Bonchev–Trinajstić information content (AvgIpc) is 2.82. The second-order valence-electron chi connectivity index (χ2n) is 5.93. The maximum Gasteiger partial charge on any atom is 0.208 e. The quantitative estimate of drug-likeness (QED) is 0.889. The monoisotopic (exact) mass is 249 g/mol. The number of aryl methyl sites for hydroxylation is 2. The first kappa shape index (κ1) is 12.2. The standard InChI is InChI=1S/C14H23N3O/c1-9-10(2)18-14(15-9)8-17(3)13-6-11-4-5-12(7-13)16-11/h11-13,16H,4-8H2,1-3H3. The fourth-order valence-corrected chi connectivity index (χ4v) is 3.34. The van der Waals surface area contributed by atoms with Crippen LogP contribution in [0, 0.1) is 13.8 Å². The number of nitrogens with one attached hydrogen (secondary N) is 1. The first-order valence-electron chi connectivity index (χ1n) is 7.01. The molecule has 3 heterocycles. The van der Waals surface area contributed by atoms with E-state index < -0.39 is 0 Å². The minimum atomic E-state index is 0.677. The Kier molecular flexibility index (Phi) is 3.16. The molecule has 2 bridgehead atoms. The van der Waals surface area contributed by atoms with Gasteiger partial charge in [-0.3, -0.25) is 4.90 Å². The van der Waals surface area contributed by atoms with Gasteiger partial charge in [0.1, 0.15) is 5.76 Å². The van der Waals surface area contributed by atoms with Crippen LogP contribution in [0.1, 0.15) is 43.0 Å². The predicted octanol–water partition coefficient (Wildman–Crippen LogP) is 2.01. The third-order valence-corrected chi connectivity index (χ3v) is 4.53. The molecule has 0 aromatic carbocycles. The van der Waals surface area contributed by atoms with E-state index in [-0.39, 0.29) is 0 Å². The first-order chi connectivity index (χ1) is 8.61. The lowest BCUT2D eigenvalue weighted by atomic mass is 9.98. The summed E-state index contributed by atoms with van der Waals surface area (Å²) in [7, 11) is 2.20. The summed E-state index contributed by atoms with van der Waals surface area (Å²) in [4.78, 5) is 6.89. The van der Waals surface area contributed by atoms with Crippen LogP contribution in [-0.4, -0.2) is 35.1 Å². The zero-order valence-corrected chi connectivity index (χ0v) is 11.6. The molecule has 0 aliphatic carbocycles. The summed E-state index contributed by atoms with van der Waals surface area (Å²) < 4.78 is 5.68. The van der Waals surface area contributed by atoms with Crippen molar-refractivity contribution in [2.24, 2.45) is 0 Å². The van der Waals surface area contributed by atoms with Gasteiger partial charge in [-0.2, -0.15) is 0 Å². The summed E-state index contributed by atoms with van der Waals surface area (Å²) in [5.74, 6) is 1.81. The predicted molar refractivity (Wildman–Crippen MR) is 70.4 cm³/mol. The smallest absolute Gasteiger partial charge is 0.208 e. The number of fused-ring (bicyclic) bond motifs is 2. The molecule has 2 aliphatic heterocycles. The van der Waals surface area contributed by atoms with Gasteiger partial charge >= 0.3 is 0 Å². The van der Waals surface area contributed by atoms with Crippen molar-refractivity contribution in [3.8, 4) is 0 Å². The van der Waals surface area contributed by atoms with Gasteiger partial charge < -0.3 is 9.73 Å². The Morgan fingerprint density at radius 1 is 1.28 bits per heavy atom. The van der Waals surface area contributed by atoms with Crippen molar-refractivity contribution in [1.29, 1.82) is 0 Å². The second-order valence-corrected chi connectivity index (χ2v) is 5.93. The second kappa shape index (κ2) is 4.67. The highest BCUT2D eigenvalue weighted by Gasteiger charge is 2.35. The molecule has 18 heavy (non-hydrogen) atoms. The van der Waals surface area contributed by atoms with E-state index in [2.05, 4.69) is 22.2 Å². The molecule has 2 aliphatic rings. The molecule has 1 aromatic heterocycles. The van der Waals surface area contributed by atoms with Crippen LogP contribution in [0.5, 0.6) is 0 Å². The van der Waals surface area contributed by atoms with Crippen LogP contribution in [0.3, 0.4) is 0 Å². The highest BCUT2D eigenvalue weighted by atomic mass is 16.4. The van der Waals surface area contributed by atoms with Gasteiger partial charge in [0.15, 0.2) is 0 Å². The molecule has 2 unspecified atom stereocenters.